The first-order chi connectivity index (χ1) is 8.58. The molecule has 98 valence electrons. The number of hydrogen-bond donors (Lipinski definition) is 0. The molecule has 1 aromatic carbocycles. The third-order valence-electron chi connectivity index (χ3n) is 2.84. The zero-order valence-electron chi connectivity index (χ0n) is 11.1. The lowest BCUT2D eigenvalue weighted by molar-refractivity contribution is 0.218. The van der Waals surface area contributed by atoms with Crippen LogP contribution in [0.15, 0.2) is 22.7 Å². The summed E-state index contributed by atoms with van der Waals surface area (Å²) in [5, 5.41) is 8.67. The molecule has 0 fully saturated rings. The highest BCUT2D eigenvalue weighted by molar-refractivity contribution is 9.10. The molecule has 1 aromatic rings. The SMILES string of the molecule is COc1ccc(CN(CCC#N)C(C)C)cc1Br. The molecule has 0 spiro atoms. The molecular formula is C14H19BrN2O. The Labute approximate surface area is 117 Å². The zero-order valence-corrected chi connectivity index (χ0v) is 12.7. The van der Waals surface area contributed by atoms with Crippen LogP contribution >= 0.6 is 15.9 Å². The monoisotopic (exact) mass is 310 g/mol. The van der Waals surface area contributed by atoms with Crippen LogP contribution in [0.1, 0.15) is 25.8 Å². The van der Waals surface area contributed by atoms with Crippen LogP contribution in [0.25, 0.3) is 0 Å². The van der Waals surface area contributed by atoms with Crippen LogP contribution in [-0.4, -0.2) is 24.6 Å². The predicted molar refractivity (Wildman–Crippen MR) is 76.5 cm³/mol. The topological polar surface area (TPSA) is 36.3 Å². The van der Waals surface area contributed by atoms with E-state index in [-0.39, 0.29) is 0 Å². The molecule has 0 unspecified atom stereocenters. The maximum Gasteiger partial charge on any atom is 0.133 e. The number of nitriles is 1. The summed E-state index contributed by atoms with van der Waals surface area (Å²) in [4.78, 5) is 2.29. The molecule has 0 aliphatic heterocycles. The Kier molecular flexibility index (Phi) is 6.17. The Balaban J connectivity index is 2.75. The molecule has 0 saturated heterocycles. The third-order valence-corrected chi connectivity index (χ3v) is 3.46. The second-order valence-electron chi connectivity index (χ2n) is 4.44. The molecule has 0 aliphatic carbocycles. The van der Waals surface area contributed by atoms with Crippen molar-refractivity contribution in [2.24, 2.45) is 0 Å². The van der Waals surface area contributed by atoms with E-state index >= 15 is 0 Å². The summed E-state index contributed by atoms with van der Waals surface area (Å²) in [6.45, 7) is 5.95. The van der Waals surface area contributed by atoms with Gasteiger partial charge in [0.25, 0.3) is 0 Å². The molecule has 0 radical (unpaired) electrons. The van der Waals surface area contributed by atoms with Crippen LogP contribution in [0, 0.1) is 11.3 Å². The fourth-order valence-electron chi connectivity index (χ4n) is 1.76. The highest BCUT2D eigenvalue weighted by Gasteiger charge is 2.10. The van der Waals surface area contributed by atoms with E-state index < -0.39 is 0 Å². The molecule has 3 nitrogen and oxygen atoms in total. The van der Waals surface area contributed by atoms with Gasteiger partial charge in [0.1, 0.15) is 5.75 Å². The van der Waals surface area contributed by atoms with Crippen LogP contribution in [0.3, 0.4) is 0 Å². The quantitative estimate of drug-likeness (QED) is 0.805. The molecule has 0 N–H and O–H groups in total. The fraction of sp³-hybridized carbons (Fsp3) is 0.500. The zero-order chi connectivity index (χ0) is 13.5. The smallest absolute Gasteiger partial charge is 0.133 e. The van der Waals surface area contributed by atoms with Gasteiger partial charge < -0.3 is 4.74 Å². The fourth-order valence-corrected chi connectivity index (χ4v) is 2.34. The van der Waals surface area contributed by atoms with Crippen molar-refractivity contribution in [2.45, 2.75) is 32.9 Å². The molecule has 4 heteroatoms. The van der Waals surface area contributed by atoms with Crippen LogP contribution in [0.4, 0.5) is 0 Å². The van der Waals surface area contributed by atoms with Crippen molar-refractivity contribution in [3.8, 4) is 11.8 Å². The lowest BCUT2D eigenvalue weighted by Crippen LogP contribution is -2.31. The minimum Gasteiger partial charge on any atom is -0.496 e. The first-order valence-corrected chi connectivity index (χ1v) is 6.81. The van der Waals surface area contributed by atoms with E-state index in [0.717, 1.165) is 23.3 Å². The van der Waals surface area contributed by atoms with E-state index in [1.54, 1.807) is 7.11 Å². The van der Waals surface area contributed by atoms with Crippen molar-refractivity contribution in [1.82, 2.24) is 4.90 Å². The minimum atomic E-state index is 0.430. The van der Waals surface area contributed by atoms with E-state index in [1.165, 1.54) is 5.56 Å². The summed E-state index contributed by atoms with van der Waals surface area (Å²) in [6, 6.07) is 8.72. The van der Waals surface area contributed by atoms with Crippen LogP contribution in [0.2, 0.25) is 0 Å². The molecule has 0 bridgehead atoms. The van der Waals surface area contributed by atoms with Crippen molar-refractivity contribution < 1.29 is 4.74 Å². The average Bonchev–Trinajstić information content (AvgIpc) is 2.34. The number of halogens is 1. The molecule has 0 aliphatic rings. The maximum atomic E-state index is 8.67. The molecule has 1 rings (SSSR count). The molecular weight excluding hydrogens is 292 g/mol. The summed E-state index contributed by atoms with van der Waals surface area (Å²) in [5.41, 5.74) is 1.22. The maximum absolute atomic E-state index is 8.67. The van der Waals surface area contributed by atoms with Gasteiger partial charge in [-0.15, -0.1) is 0 Å². The Bertz CT molecular complexity index is 426. The van der Waals surface area contributed by atoms with Gasteiger partial charge in [-0.05, 0) is 47.5 Å². The molecule has 0 atom stereocenters. The number of benzene rings is 1. The number of ether oxygens (including phenoxy) is 1. The second kappa shape index (κ2) is 7.40. The standard InChI is InChI=1S/C14H19BrN2O/c1-11(2)17(8-4-7-16)10-12-5-6-14(18-3)13(15)9-12/h5-6,9,11H,4,8,10H2,1-3H3. The van der Waals surface area contributed by atoms with E-state index in [9.17, 15) is 0 Å². The first kappa shape index (κ1) is 15.0. The lowest BCUT2D eigenvalue weighted by Gasteiger charge is -2.25. The molecule has 0 saturated carbocycles. The minimum absolute atomic E-state index is 0.430. The molecule has 0 aromatic heterocycles. The lowest BCUT2D eigenvalue weighted by atomic mass is 10.1. The van der Waals surface area contributed by atoms with Crippen LogP contribution in [0.5, 0.6) is 5.75 Å². The molecule has 18 heavy (non-hydrogen) atoms. The Morgan fingerprint density at radius 1 is 1.44 bits per heavy atom. The summed E-state index contributed by atoms with van der Waals surface area (Å²) >= 11 is 3.49. The van der Waals surface area contributed by atoms with Crippen molar-refractivity contribution in [3.05, 3.63) is 28.2 Å². The van der Waals surface area contributed by atoms with Gasteiger partial charge >= 0.3 is 0 Å². The second-order valence-corrected chi connectivity index (χ2v) is 5.30. The number of nitrogens with zero attached hydrogens (tertiary/aromatic N) is 2. The van der Waals surface area contributed by atoms with Crippen molar-refractivity contribution in [1.29, 1.82) is 5.26 Å². The van der Waals surface area contributed by atoms with Gasteiger partial charge in [0.15, 0.2) is 0 Å². The summed E-state index contributed by atoms with van der Waals surface area (Å²) < 4.78 is 6.18. The van der Waals surface area contributed by atoms with Gasteiger partial charge in [-0.2, -0.15) is 5.26 Å². The highest BCUT2D eigenvalue weighted by atomic mass is 79.9. The predicted octanol–water partition coefficient (Wildman–Crippen LogP) is 3.58. The third kappa shape index (κ3) is 4.32. The number of methoxy groups -OCH3 is 1. The number of hydrogen-bond acceptors (Lipinski definition) is 3. The van der Waals surface area contributed by atoms with Crippen molar-refractivity contribution in [3.63, 3.8) is 0 Å². The van der Waals surface area contributed by atoms with Gasteiger partial charge in [-0.3, -0.25) is 4.90 Å². The van der Waals surface area contributed by atoms with Crippen molar-refractivity contribution in [2.75, 3.05) is 13.7 Å². The molecule has 0 heterocycles. The summed E-state index contributed by atoms with van der Waals surface area (Å²) in [7, 11) is 1.66. The van der Waals surface area contributed by atoms with E-state index in [0.29, 0.717) is 12.5 Å². The Morgan fingerprint density at radius 2 is 2.17 bits per heavy atom. The summed E-state index contributed by atoms with van der Waals surface area (Å²) in [5.74, 6) is 0.840. The Hall–Kier alpha value is -1.05. The van der Waals surface area contributed by atoms with E-state index in [2.05, 4.69) is 52.9 Å². The van der Waals surface area contributed by atoms with Gasteiger partial charge in [-0.1, -0.05) is 6.07 Å². The summed E-state index contributed by atoms with van der Waals surface area (Å²) in [6.07, 6.45) is 0.565. The highest BCUT2D eigenvalue weighted by Crippen LogP contribution is 2.26. The van der Waals surface area contributed by atoms with Crippen LogP contribution < -0.4 is 4.74 Å². The van der Waals surface area contributed by atoms with E-state index in [1.807, 2.05) is 6.07 Å². The van der Waals surface area contributed by atoms with Crippen molar-refractivity contribution >= 4 is 15.9 Å². The normalized spacial score (nSPS) is 10.7. The van der Waals surface area contributed by atoms with Crippen LogP contribution in [-0.2, 0) is 6.54 Å². The largest absolute Gasteiger partial charge is 0.496 e. The Morgan fingerprint density at radius 3 is 2.67 bits per heavy atom. The first-order valence-electron chi connectivity index (χ1n) is 6.02. The average molecular weight is 311 g/mol. The van der Waals surface area contributed by atoms with Gasteiger partial charge in [0, 0.05) is 25.6 Å². The number of rotatable bonds is 6. The van der Waals surface area contributed by atoms with E-state index in [4.69, 9.17) is 10.00 Å². The molecule has 0 amide bonds. The van der Waals surface area contributed by atoms with Gasteiger partial charge in [-0.25, -0.2) is 0 Å². The van der Waals surface area contributed by atoms with Gasteiger partial charge in [0.2, 0.25) is 0 Å². The van der Waals surface area contributed by atoms with Gasteiger partial charge in [0.05, 0.1) is 17.7 Å².